The average molecular weight is 329 g/mol. The van der Waals surface area contributed by atoms with Gasteiger partial charge >= 0.3 is 0 Å². The van der Waals surface area contributed by atoms with Gasteiger partial charge in [-0.1, -0.05) is 0 Å². The highest BCUT2D eigenvalue weighted by Gasteiger charge is 2.42. The number of anilines is 1. The van der Waals surface area contributed by atoms with Gasteiger partial charge in [-0.2, -0.15) is 0 Å². The fourth-order valence-corrected chi connectivity index (χ4v) is 4.81. The Kier molecular flexibility index (Phi) is 3.58. The van der Waals surface area contributed by atoms with Crippen LogP contribution in [0.2, 0.25) is 0 Å². The molecule has 0 bridgehead atoms. The zero-order valence-electron chi connectivity index (χ0n) is 12.8. The van der Waals surface area contributed by atoms with Crippen molar-refractivity contribution in [3.63, 3.8) is 0 Å². The normalized spacial score (nSPS) is 19.6. The van der Waals surface area contributed by atoms with E-state index in [0.717, 1.165) is 39.0 Å². The van der Waals surface area contributed by atoms with Gasteiger partial charge in [0.1, 0.15) is 11.4 Å². The van der Waals surface area contributed by atoms with Crippen molar-refractivity contribution >= 4 is 23.1 Å². The zero-order valence-corrected chi connectivity index (χ0v) is 13.6. The molecule has 1 amide bonds. The van der Waals surface area contributed by atoms with E-state index in [0.29, 0.717) is 11.4 Å². The third-order valence-electron chi connectivity index (χ3n) is 4.83. The Morgan fingerprint density at radius 1 is 1.35 bits per heavy atom. The van der Waals surface area contributed by atoms with Gasteiger partial charge in [0.15, 0.2) is 0 Å². The van der Waals surface area contributed by atoms with Crippen molar-refractivity contribution in [1.29, 1.82) is 0 Å². The summed E-state index contributed by atoms with van der Waals surface area (Å²) in [6, 6.07) is 5.71. The van der Waals surface area contributed by atoms with Crippen LogP contribution in [0.3, 0.4) is 0 Å². The molecule has 1 saturated heterocycles. The van der Waals surface area contributed by atoms with Crippen LogP contribution >= 0.6 is 11.3 Å². The first-order valence-corrected chi connectivity index (χ1v) is 8.78. The van der Waals surface area contributed by atoms with E-state index in [1.165, 1.54) is 10.4 Å². The van der Waals surface area contributed by atoms with Crippen molar-refractivity contribution in [2.24, 2.45) is 5.73 Å². The first-order valence-electron chi connectivity index (χ1n) is 7.90. The van der Waals surface area contributed by atoms with Crippen LogP contribution in [0.5, 0.6) is 0 Å². The molecule has 2 aliphatic rings. The van der Waals surface area contributed by atoms with E-state index < -0.39 is 5.91 Å². The first-order chi connectivity index (χ1) is 11.2. The number of hydrogen-bond acceptors (Lipinski definition) is 5. The largest absolute Gasteiger partial charge is 0.369 e. The number of thiophene rings is 1. The van der Waals surface area contributed by atoms with E-state index in [1.54, 1.807) is 29.7 Å². The van der Waals surface area contributed by atoms with E-state index >= 15 is 0 Å². The topological polar surface area (TPSA) is 68.5 Å². The molecule has 5 nitrogen and oxygen atoms in total. The van der Waals surface area contributed by atoms with E-state index in [1.807, 2.05) is 0 Å². The monoisotopic (exact) mass is 329 g/mol. The number of carbonyl (C=O) groups excluding carboxylic acids is 1. The molecule has 0 unspecified atom stereocenters. The van der Waals surface area contributed by atoms with Crippen molar-refractivity contribution in [3.8, 4) is 0 Å². The highest BCUT2D eigenvalue weighted by atomic mass is 32.1. The number of amides is 1. The third-order valence-corrected chi connectivity index (χ3v) is 5.98. The summed E-state index contributed by atoms with van der Waals surface area (Å²) in [7, 11) is 0. The van der Waals surface area contributed by atoms with Crippen molar-refractivity contribution in [1.82, 2.24) is 4.98 Å². The Morgan fingerprint density at radius 2 is 2.17 bits per heavy atom. The Hall–Kier alpha value is -1.92. The lowest BCUT2D eigenvalue weighted by atomic mass is 9.85. The molecule has 4 rings (SSSR count). The van der Waals surface area contributed by atoms with Gasteiger partial charge in [-0.25, -0.2) is 4.98 Å². The number of piperidine rings is 1. The summed E-state index contributed by atoms with van der Waals surface area (Å²) >= 11 is 1.80. The number of primary amides is 1. The molecule has 0 saturated carbocycles. The van der Waals surface area contributed by atoms with Gasteiger partial charge in [-0.3, -0.25) is 4.79 Å². The number of ether oxygens (including phenoxy) is 1. The van der Waals surface area contributed by atoms with Crippen LogP contribution in [0.4, 0.5) is 5.82 Å². The highest BCUT2D eigenvalue weighted by Crippen LogP contribution is 2.44. The standard InChI is InChI=1S/C17H19N3O2S/c18-15(21)13-2-1-7-19-16(13)20-8-5-17(6-9-20)14-12(3-10-22-17)4-11-23-14/h1-2,4,7,11H,3,5-6,8-10H2,(H2,18,21). The molecule has 23 heavy (non-hydrogen) atoms. The first kappa shape index (κ1) is 14.7. The Labute approximate surface area is 139 Å². The predicted molar refractivity (Wildman–Crippen MR) is 89.9 cm³/mol. The number of nitrogens with two attached hydrogens (primary N) is 1. The fraction of sp³-hybridized carbons (Fsp3) is 0.412. The number of fused-ring (bicyclic) bond motifs is 2. The lowest BCUT2D eigenvalue weighted by molar-refractivity contribution is -0.0735. The maximum Gasteiger partial charge on any atom is 0.252 e. The van der Waals surface area contributed by atoms with Crippen molar-refractivity contribution in [2.75, 3.05) is 24.6 Å². The van der Waals surface area contributed by atoms with Gasteiger partial charge in [-0.15, -0.1) is 11.3 Å². The summed E-state index contributed by atoms with van der Waals surface area (Å²) in [6.07, 6.45) is 4.54. The third kappa shape index (κ3) is 2.42. The van der Waals surface area contributed by atoms with Crippen LogP contribution < -0.4 is 10.6 Å². The summed E-state index contributed by atoms with van der Waals surface area (Å²) < 4.78 is 6.22. The Morgan fingerprint density at radius 3 is 2.96 bits per heavy atom. The van der Waals surface area contributed by atoms with Crippen LogP contribution in [-0.4, -0.2) is 30.6 Å². The number of aromatic nitrogens is 1. The molecule has 6 heteroatoms. The van der Waals surface area contributed by atoms with E-state index in [-0.39, 0.29) is 5.60 Å². The predicted octanol–water partition coefficient (Wildman–Crippen LogP) is 2.31. The van der Waals surface area contributed by atoms with E-state index in [9.17, 15) is 4.79 Å². The highest BCUT2D eigenvalue weighted by molar-refractivity contribution is 7.10. The number of nitrogens with zero attached hydrogens (tertiary/aromatic N) is 2. The van der Waals surface area contributed by atoms with Crippen molar-refractivity contribution in [2.45, 2.75) is 24.9 Å². The van der Waals surface area contributed by atoms with Crippen LogP contribution in [0.15, 0.2) is 29.8 Å². The van der Waals surface area contributed by atoms with E-state index in [4.69, 9.17) is 10.5 Å². The minimum absolute atomic E-state index is 0.153. The second kappa shape index (κ2) is 5.62. The van der Waals surface area contributed by atoms with Crippen LogP contribution in [0.25, 0.3) is 0 Å². The minimum Gasteiger partial charge on any atom is -0.369 e. The van der Waals surface area contributed by atoms with Crippen LogP contribution in [-0.2, 0) is 16.8 Å². The average Bonchev–Trinajstić information content (AvgIpc) is 3.06. The minimum atomic E-state index is -0.428. The lowest BCUT2D eigenvalue weighted by Crippen LogP contribution is -2.46. The van der Waals surface area contributed by atoms with Crippen molar-refractivity contribution < 1.29 is 9.53 Å². The molecule has 2 aromatic rings. The smallest absolute Gasteiger partial charge is 0.252 e. The molecule has 0 aromatic carbocycles. The molecule has 2 aliphatic heterocycles. The fourth-order valence-electron chi connectivity index (χ4n) is 3.65. The Bertz CT molecular complexity index is 735. The molecule has 0 radical (unpaired) electrons. The molecule has 1 spiro atoms. The van der Waals surface area contributed by atoms with Gasteiger partial charge in [-0.05, 0) is 48.4 Å². The van der Waals surface area contributed by atoms with Gasteiger partial charge in [0.2, 0.25) is 0 Å². The summed E-state index contributed by atoms with van der Waals surface area (Å²) in [5.74, 6) is 0.264. The van der Waals surface area contributed by atoms with Crippen LogP contribution in [0.1, 0.15) is 33.6 Å². The number of carbonyl (C=O) groups is 1. The molecule has 120 valence electrons. The summed E-state index contributed by atoms with van der Waals surface area (Å²) in [5, 5.41) is 2.16. The van der Waals surface area contributed by atoms with Gasteiger partial charge < -0.3 is 15.4 Å². The SMILES string of the molecule is NC(=O)c1cccnc1N1CCC2(CC1)OCCc1ccsc12. The summed E-state index contributed by atoms with van der Waals surface area (Å²) in [5.41, 5.74) is 7.25. The van der Waals surface area contributed by atoms with Gasteiger partial charge in [0.25, 0.3) is 5.91 Å². The molecule has 0 atom stereocenters. The maximum absolute atomic E-state index is 11.6. The van der Waals surface area contributed by atoms with Crippen molar-refractivity contribution in [3.05, 3.63) is 45.8 Å². The molecule has 1 fully saturated rings. The molecule has 2 aromatic heterocycles. The number of hydrogen-bond donors (Lipinski definition) is 1. The molecule has 2 N–H and O–H groups in total. The number of pyridine rings is 1. The molecular weight excluding hydrogens is 310 g/mol. The second-order valence-corrected chi connectivity index (χ2v) is 7.01. The zero-order chi connectivity index (χ0) is 15.9. The van der Waals surface area contributed by atoms with Gasteiger partial charge in [0.05, 0.1) is 12.2 Å². The number of rotatable bonds is 2. The maximum atomic E-state index is 11.6. The van der Waals surface area contributed by atoms with E-state index in [2.05, 4.69) is 21.3 Å². The van der Waals surface area contributed by atoms with Crippen LogP contribution in [0, 0.1) is 0 Å². The molecule has 4 heterocycles. The molecular formula is C17H19N3O2S. The Balaban J connectivity index is 1.58. The quantitative estimate of drug-likeness (QED) is 0.918. The van der Waals surface area contributed by atoms with Gasteiger partial charge in [0, 0.05) is 24.2 Å². The second-order valence-electron chi connectivity index (χ2n) is 6.09. The summed E-state index contributed by atoms with van der Waals surface area (Å²) in [4.78, 5) is 19.5. The summed E-state index contributed by atoms with van der Waals surface area (Å²) in [6.45, 7) is 2.42. The lowest BCUT2D eigenvalue weighted by Gasteiger charge is -2.44. The molecule has 0 aliphatic carbocycles.